The van der Waals surface area contributed by atoms with Crippen molar-refractivity contribution in [2.45, 2.75) is 19.9 Å². The Bertz CT molecular complexity index is 908. The van der Waals surface area contributed by atoms with Gasteiger partial charge in [-0.25, -0.2) is 4.79 Å². The van der Waals surface area contributed by atoms with Gasteiger partial charge in [-0.1, -0.05) is 13.8 Å². The fraction of sp³-hybridized carbons (Fsp3) is 0.250. The van der Waals surface area contributed by atoms with Crippen molar-refractivity contribution in [2.24, 2.45) is 5.92 Å². The minimum atomic E-state index is -0.883. The molecule has 1 aromatic carbocycles. The summed E-state index contributed by atoms with van der Waals surface area (Å²) < 4.78 is 10.1. The number of aliphatic hydroxyl groups is 1. The number of benzene rings is 1. The SMILES string of the molecule is COC(=O)c1ccc(N2C(=O)C(O)=C(C(=O)C(C)C)C2c2ccco2)cc1. The number of carbonyl (C=O) groups excluding carboxylic acids is 3. The van der Waals surface area contributed by atoms with Gasteiger partial charge in [0.1, 0.15) is 11.8 Å². The molecule has 1 amide bonds. The Labute approximate surface area is 155 Å². The Balaban J connectivity index is 2.08. The normalized spacial score (nSPS) is 17.0. The average molecular weight is 369 g/mol. The summed E-state index contributed by atoms with van der Waals surface area (Å²) in [5, 5.41) is 10.4. The van der Waals surface area contributed by atoms with E-state index in [9.17, 15) is 19.5 Å². The number of ether oxygens (including phenoxy) is 1. The first-order valence-corrected chi connectivity index (χ1v) is 8.39. The van der Waals surface area contributed by atoms with E-state index in [0.29, 0.717) is 17.0 Å². The number of hydrogen-bond donors (Lipinski definition) is 1. The topological polar surface area (TPSA) is 97.0 Å². The number of carbonyl (C=O) groups is 3. The molecule has 1 aliphatic rings. The second kappa shape index (κ2) is 7.11. The van der Waals surface area contributed by atoms with Gasteiger partial charge < -0.3 is 14.3 Å². The summed E-state index contributed by atoms with van der Waals surface area (Å²) in [5.74, 6) is -2.19. The van der Waals surface area contributed by atoms with Crippen molar-refractivity contribution >= 4 is 23.3 Å². The van der Waals surface area contributed by atoms with Gasteiger partial charge in [0.15, 0.2) is 11.5 Å². The van der Waals surface area contributed by atoms with Crippen LogP contribution in [0.5, 0.6) is 0 Å². The molecule has 0 saturated heterocycles. The maximum absolute atomic E-state index is 12.8. The van der Waals surface area contributed by atoms with Gasteiger partial charge in [0, 0.05) is 11.6 Å². The molecule has 140 valence electrons. The zero-order chi connectivity index (χ0) is 19.7. The standard InChI is InChI=1S/C20H19NO6/c1-11(2)17(22)15-16(14-5-4-10-27-14)21(19(24)18(15)23)13-8-6-12(7-9-13)20(25)26-3/h4-11,16,23H,1-3H3. The van der Waals surface area contributed by atoms with E-state index in [0.717, 1.165) is 0 Å². The van der Waals surface area contributed by atoms with Crippen LogP contribution in [0, 0.1) is 5.92 Å². The average Bonchev–Trinajstić information content (AvgIpc) is 3.28. The lowest BCUT2D eigenvalue weighted by Gasteiger charge is -2.25. The molecule has 1 aliphatic heterocycles. The Morgan fingerprint density at radius 2 is 1.85 bits per heavy atom. The van der Waals surface area contributed by atoms with E-state index in [1.807, 2.05) is 0 Å². The summed E-state index contributed by atoms with van der Waals surface area (Å²) in [6.45, 7) is 3.39. The van der Waals surface area contributed by atoms with Gasteiger partial charge in [-0.3, -0.25) is 14.5 Å². The minimum Gasteiger partial charge on any atom is -0.503 e. The van der Waals surface area contributed by atoms with Gasteiger partial charge in [-0.05, 0) is 36.4 Å². The van der Waals surface area contributed by atoms with Gasteiger partial charge in [-0.15, -0.1) is 0 Å². The number of aliphatic hydroxyl groups excluding tert-OH is 1. The third-order valence-electron chi connectivity index (χ3n) is 4.38. The van der Waals surface area contributed by atoms with Gasteiger partial charge >= 0.3 is 5.97 Å². The van der Waals surface area contributed by atoms with Crippen LogP contribution >= 0.6 is 0 Å². The molecule has 0 radical (unpaired) electrons. The molecule has 1 N–H and O–H groups in total. The van der Waals surface area contributed by atoms with Crippen molar-refractivity contribution in [1.29, 1.82) is 0 Å². The highest BCUT2D eigenvalue weighted by molar-refractivity contribution is 6.16. The molecule has 3 rings (SSSR count). The van der Waals surface area contributed by atoms with Crippen molar-refractivity contribution in [3.05, 3.63) is 65.3 Å². The predicted octanol–water partition coefficient (Wildman–Crippen LogP) is 3.19. The predicted molar refractivity (Wildman–Crippen MR) is 96.2 cm³/mol. The molecule has 7 nitrogen and oxygen atoms in total. The molecule has 2 heterocycles. The van der Waals surface area contributed by atoms with E-state index in [1.54, 1.807) is 38.1 Å². The summed E-state index contributed by atoms with van der Waals surface area (Å²) in [5.41, 5.74) is 0.729. The van der Waals surface area contributed by atoms with Crippen LogP contribution in [0.4, 0.5) is 5.69 Å². The number of ketones is 1. The number of methoxy groups -OCH3 is 1. The van der Waals surface area contributed by atoms with E-state index in [1.165, 1.54) is 30.4 Å². The quantitative estimate of drug-likeness (QED) is 0.813. The van der Waals surface area contributed by atoms with Crippen LogP contribution in [0.2, 0.25) is 0 Å². The molecule has 2 aromatic rings. The number of esters is 1. The van der Waals surface area contributed by atoms with E-state index in [2.05, 4.69) is 4.74 Å². The summed E-state index contributed by atoms with van der Waals surface area (Å²) in [4.78, 5) is 38.3. The second-order valence-corrected chi connectivity index (χ2v) is 6.41. The number of rotatable bonds is 5. The smallest absolute Gasteiger partial charge is 0.337 e. The van der Waals surface area contributed by atoms with E-state index >= 15 is 0 Å². The molecule has 1 unspecified atom stereocenters. The van der Waals surface area contributed by atoms with Gasteiger partial charge in [0.05, 0.1) is 24.5 Å². The molecule has 27 heavy (non-hydrogen) atoms. The van der Waals surface area contributed by atoms with Crippen LogP contribution in [-0.2, 0) is 14.3 Å². The summed E-state index contributed by atoms with van der Waals surface area (Å²) in [6.07, 6.45) is 1.44. The molecule has 0 fully saturated rings. The van der Waals surface area contributed by atoms with Gasteiger partial charge in [0.25, 0.3) is 5.91 Å². The molecule has 0 saturated carbocycles. The first kappa shape index (κ1) is 18.4. The van der Waals surface area contributed by atoms with Crippen LogP contribution in [-0.4, -0.2) is 29.9 Å². The number of anilines is 1. The van der Waals surface area contributed by atoms with Crippen LogP contribution in [0.15, 0.2) is 58.4 Å². The number of furan rings is 1. The lowest BCUT2D eigenvalue weighted by atomic mass is 9.94. The highest BCUT2D eigenvalue weighted by Gasteiger charge is 2.46. The molecule has 0 bridgehead atoms. The van der Waals surface area contributed by atoms with Crippen molar-refractivity contribution in [3.8, 4) is 0 Å². The Morgan fingerprint density at radius 1 is 1.19 bits per heavy atom. The lowest BCUT2D eigenvalue weighted by molar-refractivity contribution is -0.119. The zero-order valence-corrected chi connectivity index (χ0v) is 15.1. The van der Waals surface area contributed by atoms with Crippen LogP contribution in [0.25, 0.3) is 0 Å². The Morgan fingerprint density at radius 3 is 2.37 bits per heavy atom. The maximum Gasteiger partial charge on any atom is 0.337 e. The second-order valence-electron chi connectivity index (χ2n) is 6.41. The van der Waals surface area contributed by atoms with Crippen molar-refractivity contribution in [2.75, 3.05) is 12.0 Å². The number of hydrogen-bond acceptors (Lipinski definition) is 6. The summed E-state index contributed by atoms with van der Waals surface area (Å²) in [7, 11) is 1.28. The van der Waals surface area contributed by atoms with Gasteiger partial charge in [0.2, 0.25) is 0 Å². The molecule has 0 aliphatic carbocycles. The molecule has 7 heteroatoms. The third kappa shape index (κ3) is 3.12. The largest absolute Gasteiger partial charge is 0.503 e. The molecule has 0 spiro atoms. The van der Waals surface area contributed by atoms with E-state index < -0.39 is 29.6 Å². The molecule has 1 aromatic heterocycles. The first-order valence-electron chi connectivity index (χ1n) is 8.39. The fourth-order valence-corrected chi connectivity index (χ4v) is 3.03. The van der Waals surface area contributed by atoms with Crippen LogP contribution in [0.3, 0.4) is 0 Å². The fourth-order valence-electron chi connectivity index (χ4n) is 3.03. The van der Waals surface area contributed by atoms with Gasteiger partial charge in [-0.2, -0.15) is 0 Å². The van der Waals surface area contributed by atoms with Crippen molar-refractivity contribution in [1.82, 2.24) is 0 Å². The Kier molecular flexibility index (Phi) is 4.85. The number of amides is 1. The van der Waals surface area contributed by atoms with Crippen molar-refractivity contribution in [3.63, 3.8) is 0 Å². The summed E-state index contributed by atoms with van der Waals surface area (Å²) in [6, 6.07) is 8.52. The van der Waals surface area contributed by atoms with E-state index in [4.69, 9.17) is 4.42 Å². The first-order chi connectivity index (χ1) is 12.9. The summed E-state index contributed by atoms with van der Waals surface area (Å²) >= 11 is 0. The van der Waals surface area contributed by atoms with Crippen LogP contribution < -0.4 is 4.90 Å². The Hall–Kier alpha value is -3.35. The number of Topliss-reactive ketones (excluding diaryl/α,β-unsaturated/α-hetero) is 1. The van der Waals surface area contributed by atoms with E-state index in [-0.39, 0.29) is 11.4 Å². The molecular formula is C20H19NO6. The third-order valence-corrected chi connectivity index (χ3v) is 4.38. The highest BCUT2D eigenvalue weighted by atomic mass is 16.5. The molecule has 1 atom stereocenters. The maximum atomic E-state index is 12.8. The zero-order valence-electron chi connectivity index (χ0n) is 15.1. The lowest BCUT2D eigenvalue weighted by Crippen LogP contribution is -2.31. The van der Waals surface area contributed by atoms with Crippen LogP contribution in [0.1, 0.15) is 36.0 Å². The molecular weight excluding hydrogens is 350 g/mol. The highest BCUT2D eigenvalue weighted by Crippen LogP contribution is 2.41. The monoisotopic (exact) mass is 369 g/mol. The van der Waals surface area contributed by atoms with Crippen molar-refractivity contribution < 1.29 is 28.6 Å². The number of nitrogens with zero attached hydrogens (tertiary/aromatic N) is 1. The minimum absolute atomic E-state index is 0.00185.